The van der Waals surface area contributed by atoms with Crippen LogP contribution >= 0.6 is 0 Å². The third-order valence-electron chi connectivity index (χ3n) is 2.49. The fourth-order valence-electron chi connectivity index (χ4n) is 1.67. The average molecular weight is 182 g/mol. The SMILES string of the molecule is CC=CCOCCC1CCCC1=O. The van der Waals surface area contributed by atoms with Crippen molar-refractivity contribution >= 4 is 5.78 Å². The van der Waals surface area contributed by atoms with Crippen molar-refractivity contribution in [1.29, 1.82) is 0 Å². The molecule has 0 heterocycles. The van der Waals surface area contributed by atoms with E-state index in [-0.39, 0.29) is 0 Å². The molecule has 0 N–H and O–H groups in total. The topological polar surface area (TPSA) is 26.3 Å². The minimum absolute atomic E-state index is 0.297. The Labute approximate surface area is 80.0 Å². The van der Waals surface area contributed by atoms with E-state index in [1.165, 1.54) is 0 Å². The minimum atomic E-state index is 0.297. The van der Waals surface area contributed by atoms with Gasteiger partial charge in [0, 0.05) is 18.9 Å². The molecule has 0 aromatic heterocycles. The number of hydrogen-bond acceptors (Lipinski definition) is 2. The van der Waals surface area contributed by atoms with Gasteiger partial charge in [0.25, 0.3) is 0 Å². The standard InChI is InChI=1S/C11H18O2/c1-2-3-8-13-9-7-10-5-4-6-11(10)12/h2-3,10H,4-9H2,1H3. The number of carbonyl (C=O) groups excluding carboxylic acids is 1. The molecule has 2 heteroatoms. The van der Waals surface area contributed by atoms with E-state index in [9.17, 15) is 4.79 Å². The van der Waals surface area contributed by atoms with E-state index in [2.05, 4.69) is 0 Å². The molecule has 0 aromatic rings. The van der Waals surface area contributed by atoms with Gasteiger partial charge in [-0.2, -0.15) is 0 Å². The molecule has 0 saturated heterocycles. The highest BCUT2D eigenvalue weighted by Gasteiger charge is 2.23. The highest BCUT2D eigenvalue weighted by Crippen LogP contribution is 2.23. The molecule has 1 aliphatic carbocycles. The molecule has 1 unspecified atom stereocenters. The maximum atomic E-state index is 11.2. The summed E-state index contributed by atoms with van der Waals surface area (Å²) in [5.41, 5.74) is 0. The van der Waals surface area contributed by atoms with Crippen LogP contribution in [0.1, 0.15) is 32.6 Å². The first kappa shape index (κ1) is 10.5. The van der Waals surface area contributed by atoms with Crippen molar-refractivity contribution in [2.45, 2.75) is 32.6 Å². The highest BCUT2D eigenvalue weighted by atomic mass is 16.5. The van der Waals surface area contributed by atoms with Crippen LogP contribution in [-0.2, 0) is 9.53 Å². The molecule has 2 nitrogen and oxygen atoms in total. The van der Waals surface area contributed by atoms with Gasteiger partial charge >= 0.3 is 0 Å². The first-order valence-electron chi connectivity index (χ1n) is 5.06. The quantitative estimate of drug-likeness (QED) is 0.482. The summed E-state index contributed by atoms with van der Waals surface area (Å²) in [6.07, 6.45) is 7.82. The van der Waals surface area contributed by atoms with Crippen LogP contribution in [0.5, 0.6) is 0 Å². The third-order valence-corrected chi connectivity index (χ3v) is 2.49. The second-order valence-corrected chi connectivity index (χ2v) is 3.49. The van der Waals surface area contributed by atoms with Gasteiger partial charge in [-0.05, 0) is 26.2 Å². The first-order valence-corrected chi connectivity index (χ1v) is 5.06. The van der Waals surface area contributed by atoms with Crippen LogP contribution in [0, 0.1) is 5.92 Å². The summed E-state index contributed by atoms with van der Waals surface area (Å²) >= 11 is 0. The van der Waals surface area contributed by atoms with E-state index >= 15 is 0 Å². The predicted octanol–water partition coefficient (Wildman–Crippen LogP) is 2.34. The summed E-state index contributed by atoms with van der Waals surface area (Å²) < 4.78 is 5.35. The fourth-order valence-corrected chi connectivity index (χ4v) is 1.67. The monoisotopic (exact) mass is 182 g/mol. The number of ether oxygens (including phenoxy) is 1. The van der Waals surface area contributed by atoms with Crippen molar-refractivity contribution in [3.05, 3.63) is 12.2 Å². The lowest BCUT2D eigenvalue weighted by atomic mass is 10.0. The summed E-state index contributed by atoms with van der Waals surface area (Å²) in [6.45, 7) is 3.38. The van der Waals surface area contributed by atoms with E-state index in [4.69, 9.17) is 4.74 Å². The molecular weight excluding hydrogens is 164 g/mol. The molecule has 1 rings (SSSR count). The second kappa shape index (κ2) is 5.92. The molecule has 1 saturated carbocycles. The van der Waals surface area contributed by atoms with Crippen LogP contribution in [0.4, 0.5) is 0 Å². The van der Waals surface area contributed by atoms with E-state index in [1.54, 1.807) is 0 Å². The van der Waals surface area contributed by atoms with E-state index in [0.29, 0.717) is 18.3 Å². The number of rotatable bonds is 5. The van der Waals surface area contributed by atoms with Gasteiger partial charge in [-0.25, -0.2) is 0 Å². The fraction of sp³-hybridized carbons (Fsp3) is 0.727. The second-order valence-electron chi connectivity index (χ2n) is 3.49. The zero-order valence-electron chi connectivity index (χ0n) is 8.29. The first-order chi connectivity index (χ1) is 6.34. The summed E-state index contributed by atoms with van der Waals surface area (Å²) in [4.78, 5) is 11.2. The van der Waals surface area contributed by atoms with Gasteiger partial charge in [-0.3, -0.25) is 4.79 Å². The van der Waals surface area contributed by atoms with Crippen LogP contribution in [-0.4, -0.2) is 19.0 Å². The number of carbonyl (C=O) groups is 1. The molecule has 0 spiro atoms. The Bertz CT molecular complexity index is 185. The Hall–Kier alpha value is -0.630. The van der Waals surface area contributed by atoms with Gasteiger partial charge in [0.15, 0.2) is 0 Å². The zero-order chi connectivity index (χ0) is 9.52. The molecule has 0 bridgehead atoms. The van der Waals surface area contributed by atoms with Gasteiger partial charge < -0.3 is 4.74 Å². The lowest BCUT2D eigenvalue weighted by Gasteiger charge is -2.06. The van der Waals surface area contributed by atoms with Crippen LogP contribution in [0.3, 0.4) is 0 Å². The summed E-state index contributed by atoms with van der Waals surface area (Å²) in [7, 11) is 0. The predicted molar refractivity (Wildman–Crippen MR) is 52.6 cm³/mol. The number of ketones is 1. The van der Waals surface area contributed by atoms with Gasteiger partial charge in [0.1, 0.15) is 5.78 Å². The molecule has 1 atom stereocenters. The lowest BCUT2D eigenvalue weighted by molar-refractivity contribution is -0.121. The Kier molecular flexibility index (Phi) is 4.76. The molecule has 0 amide bonds. The smallest absolute Gasteiger partial charge is 0.136 e. The van der Waals surface area contributed by atoms with E-state index in [0.717, 1.165) is 32.3 Å². The van der Waals surface area contributed by atoms with Gasteiger partial charge in [0.05, 0.1) is 6.61 Å². The maximum absolute atomic E-state index is 11.2. The van der Waals surface area contributed by atoms with Crippen molar-refractivity contribution in [2.75, 3.05) is 13.2 Å². The molecular formula is C11H18O2. The van der Waals surface area contributed by atoms with Crippen LogP contribution < -0.4 is 0 Å². The van der Waals surface area contributed by atoms with Crippen molar-refractivity contribution in [3.63, 3.8) is 0 Å². The number of allylic oxidation sites excluding steroid dienone is 1. The molecule has 1 aliphatic rings. The van der Waals surface area contributed by atoms with E-state index in [1.807, 2.05) is 19.1 Å². The van der Waals surface area contributed by atoms with Gasteiger partial charge in [0.2, 0.25) is 0 Å². The normalized spacial score (nSPS) is 23.2. The van der Waals surface area contributed by atoms with Crippen molar-refractivity contribution < 1.29 is 9.53 Å². The summed E-state index contributed by atoms with van der Waals surface area (Å²) in [6, 6.07) is 0. The highest BCUT2D eigenvalue weighted by molar-refractivity contribution is 5.82. The lowest BCUT2D eigenvalue weighted by Crippen LogP contribution is -2.09. The third kappa shape index (κ3) is 3.73. The van der Waals surface area contributed by atoms with Crippen molar-refractivity contribution in [2.24, 2.45) is 5.92 Å². The number of hydrogen-bond donors (Lipinski definition) is 0. The Morgan fingerprint density at radius 3 is 3.08 bits per heavy atom. The Balaban J connectivity index is 2.02. The van der Waals surface area contributed by atoms with Crippen LogP contribution in [0.15, 0.2) is 12.2 Å². The molecule has 0 aromatic carbocycles. The molecule has 13 heavy (non-hydrogen) atoms. The molecule has 0 radical (unpaired) electrons. The molecule has 74 valence electrons. The minimum Gasteiger partial charge on any atom is -0.377 e. The van der Waals surface area contributed by atoms with Crippen LogP contribution in [0.25, 0.3) is 0 Å². The van der Waals surface area contributed by atoms with E-state index < -0.39 is 0 Å². The Morgan fingerprint density at radius 1 is 1.62 bits per heavy atom. The maximum Gasteiger partial charge on any atom is 0.136 e. The number of Topliss-reactive ketones (excluding diaryl/α,β-unsaturated/α-hetero) is 1. The van der Waals surface area contributed by atoms with Gasteiger partial charge in [-0.15, -0.1) is 0 Å². The molecule has 0 aliphatic heterocycles. The summed E-state index contributed by atoms with van der Waals surface area (Å²) in [5.74, 6) is 0.736. The van der Waals surface area contributed by atoms with Crippen molar-refractivity contribution in [3.8, 4) is 0 Å². The zero-order valence-corrected chi connectivity index (χ0v) is 8.29. The molecule has 1 fully saturated rings. The van der Waals surface area contributed by atoms with Crippen LogP contribution in [0.2, 0.25) is 0 Å². The Morgan fingerprint density at radius 2 is 2.46 bits per heavy atom. The average Bonchev–Trinajstić information content (AvgIpc) is 2.52. The van der Waals surface area contributed by atoms with Crippen molar-refractivity contribution in [1.82, 2.24) is 0 Å². The largest absolute Gasteiger partial charge is 0.377 e. The van der Waals surface area contributed by atoms with Gasteiger partial charge in [-0.1, -0.05) is 12.2 Å². The summed E-state index contributed by atoms with van der Waals surface area (Å²) in [5, 5.41) is 0.